The molecule has 2 N–H and O–H groups in total. The summed E-state index contributed by atoms with van der Waals surface area (Å²) in [6.45, 7) is 1.31. The number of carbonyl (C=O) groups is 2. The number of pyridine rings is 1. The van der Waals surface area contributed by atoms with Gasteiger partial charge in [0.25, 0.3) is 5.91 Å². The van der Waals surface area contributed by atoms with Crippen LogP contribution in [0.15, 0.2) is 22.9 Å². The second-order valence-corrected chi connectivity index (χ2v) is 7.32. The van der Waals surface area contributed by atoms with Crippen LogP contribution in [-0.4, -0.2) is 47.3 Å². The SMILES string of the molecule is O=C(N[C@@H]1CCC[C@@H](NC(=O)C2CCOCC2)C1)c1onc2ncccc12. The Morgan fingerprint density at radius 2 is 1.85 bits per heavy atom. The number of nitrogens with zero attached hydrogens (tertiary/aromatic N) is 2. The van der Waals surface area contributed by atoms with E-state index < -0.39 is 0 Å². The fourth-order valence-corrected chi connectivity index (χ4v) is 3.93. The Balaban J connectivity index is 1.34. The van der Waals surface area contributed by atoms with Gasteiger partial charge in [0.15, 0.2) is 0 Å². The lowest BCUT2D eigenvalue weighted by Gasteiger charge is -2.31. The summed E-state index contributed by atoms with van der Waals surface area (Å²) in [4.78, 5) is 29.1. The molecule has 2 amide bonds. The quantitative estimate of drug-likeness (QED) is 0.848. The fourth-order valence-electron chi connectivity index (χ4n) is 3.93. The Hall–Kier alpha value is -2.48. The number of hydrogen-bond acceptors (Lipinski definition) is 6. The van der Waals surface area contributed by atoms with Crippen molar-refractivity contribution >= 4 is 22.8 Å². The zero-order chi connectivity index (χ0) is 18.6. The molecule has 144 valence electrons. The van der Waals surface area contributed by atoms with Crippen LogP contribution in [0.25, 0.3) is 11.0 Å². The van der Waals surface area contributed by atoms with Gasteiger partial charge in [0.1, 0.15) is 0 Å². The van der Waals surface area contributed by atoms with Crippen LogP contribution < -0.4 is 10.6 Å². The van der Waals surface area contributed by atoms with Gasteiger partial charge in [0.05, 0.1) is 5.39 Å². The molecule has 3 heterocycles. The molecule has 2 atom stereocenters. The van der Waals surface area contributed by atoms with Crippen LogP contribution in [0.2, 0.25) is 0 Å². The lowest BCUT2D eigenvalue weighted by Crippen LogP contribution is -2.47. The maximum atomic E-state index is 12.6. The standard InChI is InChI=1S/C19H24N4O4/c24-18(12-6-9-26-10-7-12)21-13-3-1-4-14(11-13)22-19(25)16-15-5-2-8-20-17(15)23-27-16/h2,5,8,12-14H,1,3-4,6-7,9-11H2,(H,21,24)(H,22,25)/t13-,14-/m1/s1. The Kier molecular flexibility index (Phi) is 5.33. The van der Waals surface area contributed by atoms with Crippen molar-refractivity contribution in [3.8, 4) is 0 Å². The summed E-state index contributed by atoms with van der Waals surface area (Å²) in [6, 6.07) is 3.61. The topological polar surface area (TPSA) is 106 Å². The van der Waals surface area contributed by atoms with Crippen LogP contribution in [0.1, 0.15) is 49.1 Å². The van der Waals surface area contributed by atoms with Crippen molar-refractivity contribution < 1.29 is 18.8 Å². The monoisotopic (exact) mass is 372 g/mol. The zero-order valence-electron chi connectivity index (χ0n) is 15.1. The molecule has 27 heavy (non-hydrogen) atoms. The van der Waals surface area contributed by atoms with Crippen LogP contribution in [0.5, 0.6) is 0 Å². The van der Waals surface area contributed by atoms with Crippen LogP contribution in [0.4, 0.5) is 0 Å². The molecule has 2 aromatic rings. The normalized spacial score (nSPS) is 23.9. The molecule has 0 spiro atoms. The fraction of sp³-hybridized carbons (Fsp3) is 0.579. The van der Waals surface area contributed by atoms with E-state index in [0.29, 0.717) is 24.2 Å². The molecule has 2 aliphatic rings. The number of ether oxygens (including phenoxy) is 1. The Morgan fingerprint density at radius 3 is 2.67 bits per heavy atom. The molecule has 0 radical (unpaired) electrons. The number of nitrogens with one attached hydrogen (secondary N) is 2. The van der Waals surface area contributed by atoms with Crippen molar-refractivity contribution in [2.45, 2.75) is 50.6 Å². The summed E-state index contributed by atoms with van der Waals surface area (Å²) in [5.41, 5.74) is 0.424. The highest BCUT2D eigenvalue weighted by atomic mass is 16.5. The minimum atomic E-state index is -0.285. The first-order chi connectivity index (χ1) is 13.2. The summed E-state index contributed by atoms with van der Waals surface area (Å²) >= 11 is 0. The van der Waals surface area contributed by atoms with Crippen LogP contribution in [-0.2, 0) is 9.53 Å². The molecule has 8 nitrogen and oxygen atoms in total. The third-order valence-electron chi connectivity index (χ3n) is 5.41. The largest absolute Gasteiger partial charge is 0.381 e. The highest BCUT2D eigenvalue weighted by Crippen LogP contribution is 2.22. The van der Waals surface area contributed by atoms with Gasteiger partial charge >= 0.3 is 0 Å². The predicted octanol–water partition coefficient (Wildman–Crippen LogP) is 1.81. The minimum Gasteiger partial charge on any atom is -0.381 e. The molecular formula is C19H24N4O4. The van der Waals surface area contributed by atoms with E-state index >= 15 is 0 Å². The van der Waals surface area contributed by atoms with Gasteiger partial charge in [0.2, 0.25) is 17.3 Å². The average molecular weight is 372 g/mol. The lowest BCUT2D eigenvalue weighted by molar-refractivity contribution is -0.128. The van der Waals surface area contributed by atoms with E-state index in [1.807, 2.05) is 0 Å². The Bertz CT molecular complexity index is 815. The number of aromatic nitrogens is 2. The highest BCUT2D eigenvalue weighted by molar-refractivity contribution is 6.02. The number of rotatable bonds is 4. The van der Waals surface area contributed by atoms with Gasteiger partial charge in [-0.1, -0.05) is 5.16 Å². The second kappa shape index (κ2) is 8.04. The highest BCUT2D eigenvalue weighted by Gasteiger charge is 2.29. The summed E-state index contributed by atoms with van der Waals surface area (Å²) in [7, 11) is 0. The number of carbonyl (C=O) groups excluding carboxylic acids is 2. The first kappa shape index (κ1) is 17.9. The van der Waals surface area contributed by atoms with Gasteiger partial charge in [-0.3, -0.25) is 9.59 Å². The van der Waals surface area contributed by atoms with Gasteiger partial charge in [-0.2, -0.15) is 0 Å². The van der Waals surface area contributed by atoms with Crippen LogP contribution >= 0.6 is 0 Å². The van der Waals surface area contributed by atoms with Gasteiger partial charge < -0.3 is 19.9 Å². The molecule has 0 unspecified atom stereocenters. The summed E-state index contributed by atoms with van der Waals surface area (Å²) < 4.78 is 10.5. The summed E-state index contributed by atoms with van der Waals surface area (Å²) in [6.07, 6.45) is 6.69. The summed E-state index contributed by atoms with van der Waals surface area (Å²) in [5, 5.41) is 10.6. The van der Waals surface area contributed by atoms with E-state index in [1.165, 1.54) is 0 Å². The van der Waals surface area contributed by atoms with Crippen molar-refractivity contribution in [2.24, 2.45) is 5.92 Å². The maximum absolute atomic E-state index is 12.6. The van der Waals surface area contributed by atoms with E-state index in [1.54, 1.807) is 18.3 Å². The van der Waals surface area contributed by atoms with Crippen molar-refractivity contribution in [3.63, 3.8) is 0 Å². The molecule has 1 saturated heterocycles. The van der Waals surface area contributed by atoms with Crippen molar-refractivity contribution in [1.82, 2.24) is 20.8 Å². The maximum Gasteiger partial charge on any atom is 0.290 e. The molecule has 8 heteroatoms. The van der Waals surface area contributed by atoms with Crippen molar-refractivity contribution in [1.29, 1.82) is 0 Å². The van der Waals surface area contributed by atoms with E-state index in [-0.39, 0.29) is 35.6 Å². The van der Waals surface area contributed by atoms with Gasteiger partial charge in [-0.05, 0) is 50.7 Å². The smallest absolute Gasteiger partial charge is 0.290 e. The zero-order valence-corrected chi connectivity index (χ0v) is 15.1. The molecule has 0 bridgehead atoms. The lowest BCUT2D eigenvalue weighted by atomic mass is 9.90. The van der Waals surface area contributed by atoms with E-state index in [9.17, 15) is 9.59 Å². The third-order valence-corrected chi connectivity index (χ3v) is 5.41. The molecule has 4 rings (SSSR count). The van der Waals surface area contributed by atoms with Gasteiger partial charge in [-0.15, -0.1) is 0 Å². The van der Waals surface area contributed by atoms with E-state index in [4.69, 9.17) is 9.26 Å². The molecule has 2 fully saturated rings. The number of fused-ring (bicyclic) bond motifs is 1. The first-order valence-electron chi connectivity index (χ1n) is 9.60. The van der Waals surface area contributed by atoms with E-state index in [0.717, 1.165) is 38.5 Å². The van der Waals surface area contributed by atoms with Crippen LogP contribution in [0.3, 0.4) is 0 Å². The Morgan fingerprint density at radius 1 is 1.07 bits per heavy atom. The average Bonchev–Trinajstić information content (AvgIpc) is 3.13. The third kappa shape index (κ3) is 4.10. The molecule has 0 aromatic carbocycles. The molecule has 1 aliphatic carbocycles. The molecule has 2 aromatic heterocycles. The Labute approximate surface area is 157 Å². The van der Waals surface area contributed by atoms with Gasteiger partial charge in [-0.25, -0.2) is 4.98 Å². The number of amides is 2. The van der Waals surface area contributed by atoms with Crippen molar-refractivity contribution in [2.75, 3.05) is 13.2 Å². The van der Waals surface area contributed by atoms with Crippen molar-refractivity contribution in [3.05, 3.63) is 24.1 Å². The van der Waals surface area contributed by atoms with Crippen LogP contribution in [0, 0.1) is 5.92 Å². The summed E-state index contributed by atoms with van der Waals surface area (Å²) in [5.74, 6) is 0.0581. The second-order valence-electron chi connectivity index (χ2n) is 7.32. The predicted molar refractivity (Wildman–Crippen MR) is 97.0 cm³/mol. The van der Waals surface area contributed by atoms with E-state index in [2.05, 4.69) is 20.8 Å². The first-order valence-corrected chi connectivity index (χ1v) is 9.60. The number of hydrogen-bond donors (Lipinski definition) is 2. The van der Waals surface area contributed by atoms with Gasteiger partial charge in [0, 0.05) is 37.4 Å². The molecular weight excluding hydrogens is 348 g/mol. The molecule has 1 saturated carbocycles. The minimum absolute atomic E-state index is 0.00283. The molecule has 1 aliphatic heterocycles.